The Balaban J connectivity index is 1.66. The van der Waals surface area contributed by atoms with Crippen molar-refractivity contribution >= 4 is 0 Å². The van der Waals surface area contributed by atoms with E-state index >= 15 is 0 Å². The second kappa shape index (κ2) is 5.66. The quantitative estimate of drug-likeness (QED) is 0.824. The lowest BCUT2D eigenvalue weighted by atomic mass is 9.77. The van der Waals surface area contributed by atoms with E-state index in [9.17, 15) is 5.11 Å². The van der Waals surface area contributed by atoms with Crippen LogP contribution in [0.4, 0.5) is 0 Å². The van der Waals surface area contributed by atoms with E-state index in [0.29, 0.717) is 5.92 Å². The van der Waals surface area contributed by atoms with Gasteiger partial charge in [-0.2, -0.15) is 0 Å². The zero-order valence-electron chi connectivity index (χ0n) is 12.0. The van der Waals surface area contributed by atoms with E-state index in [4.69, 9.17) is 0 Å². The molecule has 2 saturated carbocycles. The minimum atomic E-state index is -0.252. The van der Waals surface area contributed by atoms with E-state index < -0.39 is 0 Å². The first-order chi connectivity index (χ1) is 9.24. The first-order valence-corrected chi connectivity index (χ1v) is 8.02. The van der Waals surface area contributed by atoms with Gasteiger partial charge < -0.3 is 5.11 Å². The van der Waals surface area contributed by atoms with Gasteiger partial charge in [-0.3, -0.25) is 0 Å². The summed E-state index contributed by atoms with van der Waals surface area (Å²) >= 11 is 0. The molecule has 19 heavy (non-hydrogen) atoms. The highest BCUT2D eigenvalue weighted by Crippen LogP contribution is 2.39. The maximum atomic E-state index is 10.6. The lowest BCUT2D eigenvalue weighted by Gasteiger charge is -2.31. The summed E-state index contributed by atoms with van der Waals surface area (Å²) in [6, 6.07) is 8.82. The molecule has 1 heteroatoms. The van der Waals surface area contributed by atoms with Crippen LogP contribution in [0.5, 0.6) is 0 Å². The molecule has 2 aliphatic carbocycles. The normalized spacial score (nSPS) is 29.8. The largest absolute Gasteiger partial charge is 0.388 e. The summed E-state index contributed by atoms with van der Waals surface area (Å²) < 4.78 is 0. The molecule has 2 aliphatic rings. The number of hydrogen-bond acceptors (Lipinski definition) is 1. The topological polar surface area (TPSA) is 20.2 Å². The van der Waals surface area contributed by atoms with Crippen LogP contribution in [0.2, 0.25) is 0 Å². The van der Waals surface area contributed by atoms with E-state index in [1.54, 1.807) is 0 Å². The highest BCUT2D eigenvalue weighted by Gasteiger charge is 2.26. The third kappa shape index (κ3) is 2.86. The molecule has 2 fully saturated rings. The van der Waals surface area contributed by atoms with Gasteiger partial charge in [0.2, 0.25) is 0 Å². The van der Waals surface area contributed by atoms with E-state index in [1.807, 2.05) is 0 Å². The van der Waals surface area contributed by atoms with Crippen LogP contribution >= 0.6 is 0 Å². The van der Waals surface area contributed by atoms with Gasteiger partial charge in [-0.15, -0.1) is 0 Å². The van der Waals surface area contributed by atoms with Crippen molar-refractivity contribution in [2.75, 3.05) is 0 Å². The number of hydrogen-bond donors (Lipinski definition) is 1. The molecule has 0 aliphatic heterocycles. The van der Waals surface area contributed by atoms with Gasteiger partial charge in [0.15, 0.2) is 0 Å². The Morgan fingerprint density at radius 2 is 1.68 bits per heavy atom. The van der Waals surface area contributed by atoms with Gasteiger partial charge in [-0.25, -0.2) is 0 Å². The van der Waals surface area contributed by atoms with Crippen LogP contribution in [0.3, 0.4) is 0 Å². The van der Waals surface area contributed by atoms with E-state index in [1.165, 1.54) is 50.5 Å². The Kier molecular flexibility index (Phi) is 3.93. The molecular weight excluding hydrogens is 232 g/mol. The molecular formula is C18H26O. The molecule has 0 radical (unpaired) electrons. The molecule has 1 aromatic carbocycles. The summed E-state index contributed by atoms with van der Waals surface area (Å²) in [5, 5.41) is 10.6. The van der Waals surface area contributed by atoms with Gasteiger partial charge in [0.05, 0.1) is 6.10 Å². The van der Waals surface area contributed by atoms with Crippen molar-refractivity contribution < 1.29 is 5.11 Å². The Hall–Kier alpha value is -0.820. The fraction of sp³-hybridized carbons (Fsp3) is 0.667. The Labute approximate surface area is 117 Å². The molecule has 1 N–H and O–H groups in total. The van der Waals surface area contributed by atoms with Crippen molar-refractivity contribution in [2.45, 2.75) is 63.9 Å². The molecule has 0 bridgehead atoms. The molecule has 0 heterocycles. The van der Waals surface area contributed by atoms with Gasteiger partial charge in [0.1, 0.15) is 0 Å². The van der Waals surface area contributed by atoms with Crippen molar-refractivity contribution in [1.82, 2.24) is 0 Å². The summed E-state index contributed by atoms with van der Waals surface area (Å²) in [5.41, 5.74) is 2.60. The van der Waals surface area contributed by atoms with Crippen LogP contribution in [0, 0.1) is 11.8 Å². The Morgan fingerprint density at radius 3 is 2.26 bits per heavy atom. The summed E-state index contributed by atoms with van der Waals surface area (Å²) in [6.07, 6.45) is 8.83. The lowest BCUT2D eigenvalue weighted by molar-refractivity contribution is 0.0714. The first kappa shape index (κ1) is 13.2. The molecule has 104 valence electrons. The Bertz CT molecular complexity index is 404. The van der Waals surface area contributed by atoms with Gasteiger partial charge in [-0.05, 0) is 54.6 Å². The van der Waals surface area contributed by atoms with Crippen LogP contribution in [-0.4, -0.2) is 5.11 Å². The fourth-order valence-corrected chi connectivity index (χ4v) is 3.75. The summed E-state index contributed by atoms with van der Waals surface area (Å²) in [6.45, 7) is 2.32. The summed E-state index contributed by atoms with van der Waals surface area (Å²) in [5.74, 6) is 2.04. The molecule has 3 rings (SSSR count). The van der Waals surface area contributed by atoms with Crippen LogP contribution < -0.4 is 0 Å². The third-order valence-electron chi connectivity index (χ3n) is 5.28. The van der Waals surface area contributed by atoms with Gasteiger partial charge in [-0.1, -0.05) is 50.5 Å². The number of aliphatic hydroxyl groups excluding tert-OH is 1. The molecule has 3 atom stereocenters. The molecule has 0 spiro atoms. The minimum Gasteiger partial charge on any atom is -0.388 e. The predicted octanol–water partition coefficient (Wildman–Crippen LogP) is 4.81. The molecule has 0 aromatic heterocycles. The first-order valence-electron chi connectivity index (χ1n) is 8.02. The fourth-order valence-electron chi connectivity index (χ4n) is 3.75. The van der Waals surface area contributed by atoms with Crippen LogP contribution in [0.25, 0.3) is 0 Å². The van der Waals surface area contributed by atoms with Crippen LogP contribution in [0.1, 0.15) is 75.0 Å². The van der Waals surface area contributed by atoms with Gasteiger partial charge >= 0.3 is 0 Å². The van der Waals surface area contributed by atoms with Crippen molar-refractivity contribution in [3.63, 3.8) is 0 Å². The monoisotopic (exact) mass is 258 g/mol. The summed E-state index contributed by atoms with van der Waals surface area (Å²) in [7, 11) is 0. The second-order valence-electron chi connectivity index (χ2n) is 6.77. The van der Waals surface area contributed by atoms with Crippen LogP contribution in [0.15, 0.2) is 24.3 Å². The van der Waals surface area contributed by atoms with Crippen molar-refractivity contribution in [3.05, 3.63) is 35.4 Å². The van der Waals surface area contributed by atoms with Crippen LogP contribution in [-0.2, 0) is 0 Å². The molecule has 0 amide bonds. The Morgan fingerprint density at radius 1 is 1.00 bits per heavy atom. The maximum absolute atomic E-state index is 10.6. The van der Waals surface area contributed by atoms with Crippen molar-refractivity contribution in [1.29, 1.82) is 0 Å². The maximum Gasteiger partial charge on any atom is 0.0818 e. The molecule has 0 saturated heterocycles. The average molecular weight is 258 g/mol. The molecule has 3 unspecified atom stereocenters. The van der Waals surface area contributed by atoms with Crippen molar-refractivity contribution in [3.8, 4) is 0 Å². The number of benzene rings is 1. The third-order valence-corrected chi connectivity index (χ3v) is 5.28. The smallest absolute Gasteiger partial charge is 0.0818 e. The minimum absolute atomic E-state index is 0.252. The highest BCUT2D eigenvalue weighted by atomic mass is 16.3. The standard InChI is InChI=1S/C18H26O/c1-13-4-2-7-17(12-13)18(19)16-10-8-15(9-11-16)14-5-3-6-14/h8-11,13-14,17-19H,2-7,12H2,1H3. The number of aliphatic hydroxyl groups is 1. The van der Waals surface area contributed by atoms with E-state index in [2.05, 4.69) is 31.2 Å². The van der Waals surface area contributed by atoms with Gasteiger partial charge in [0, 0.05) is 0 Å². The summed E-state index contributed by atoms with van der Waals surface area (Å²) in [4.78, 5) is 0. The van der Waals surface area contributed by atoms with Gasteiger partial charge in [0.25, 0.3) is 0 Å². The average Bonchev–Trinajstić information content (AvgIpc) is 2.37. The van der Waals surface area contributed by atoms with E-state index in [-0.39, 0.29) is 6.10 Å². The lowest BCUT2D eigenvalue weighted by Crippen LogP contribution is -2.20. The van der Waals surface area contributed by atoms with E-state index in [0.717, 1.165) is 17.4 Å². The molecule has 1 nitrogen and oxygen atoms in total. The molecule has 1 aromatic rings. The van der Waals surface area contributed by atoms with Crippen molar-refractivity contribution in [2.24, 2.45) is 11.8 Å². The number of rotatable bonds is 3. The zero-order chi connectivity index (χ0) is 13.2. The SMILES string of the molecule is CC1CCCC(C(O)c2ccc(C3CCC3)cc2)C1. The second-order valence-corrected chi connectivity index (χ2v) is 6.77. The zero-order valence-corrected chi connectivity index (χ0v) is 12.0. The highest BCUT2D eigenvalue weighted by molar-refractivity contribution is 5.28. The predicted molar refractivity (Wildman–Crippen MR) is 79.1 cm³/mol.